The van der Waals surface area contributed by atoms with E-state index in [0.717, 1.165) is 18.3 Å². The van der Waals surface area contributed by atoms with Crippen LogP contribution in [-0.2, 0) is 15.7 Å². The van der Waals surface area contributed by atoms with E-state index in [0.29, 0.717) is 25.1 Å². The van der Waals surface area contributed by atoms with E-state index in [4.69, 9.17) is 16.3 Å². The van der Waals surface area contributed by atoms with Gasteiger partial charge in [-0.25, -0.2) is 8.78 Å². The van der Waals surface area contributed by atoms with Crippen molar-refractivity contribution in [1.29, 1.82) is 0 Å². The smallest absolute Gasteiger partial charge is 0.381 e. The van der Waals surface area contributed by atoms with Gasteiger partial charge in [-0.15, -0.1) is 0 Å². The number of carbonyl (C=O) groups is 2. The fraction of sp³-hybridized carbons (Fsp3) is 0.435. The van der Waals surface area contributed by atoms with Crippen LogP contribution in [0.3, 0.4) is 0 Å². The van der Waals surface area contributed by atoms with Gasteiger partial charge in [-0.3, -0.25) is 14.6 Å². The third-order valence-corrected chi connectivity index (χ3v) is 7.05. The summed E-state index contributed by atoms with van der Waals surface area (Å²) in [7, 11) is 0. The number of nitrogens with zero attached hydrogens (tertiary/aromatic N) is 2. The Kier molecular flexibility index (Phi) is 5.95. The quantitative estimate of drug-likeness (QED) is 0.480. The molecule has 2 amide bonds. The number of alkyl halides is 3. The molecule has 5 rings (SSSR count). The third-order valence-electron chi connectivity index (χ3n) is 6.76. The average Bonchev–Trinajstić information content (AvgIpc) is 3.43. The van der Waals surface area contributed by atoms with Gasteiger partial charge in [0.15, 0.2) is 0 Å². The number of likely N-dealkylation sites (tertiary alicyclic amines) is 1. The number of ether oxygens (including phenoxy) is 1. The molecule has 6 nitrogen and oxygen atoms in total. The van der Waals surface area contributed by atoms with Crippen molar-refractivity contribution < 1.29 is 36.3 Å². The van der Waals surface area contributed by atoms with E-state index in [1.807, 2.05) is 0 Å². The molecule has 2 aliphatic heterocycles. The van der Waals surface area contributed by atoms with Crippen molar-refractivity contribution in [2.45, 2.75) is 37.1 Å². The first-order chi connectivity index (χ1) is 16.5. The number of hydrogen-bond acceptors (Lipinski definition) is 4. The second-order valence-corrected chi connectivity index (χ2v) is 9.47. The Labute approximate surface area is 201 Å². The maximum Gasteiger partial charge on any atom is 0.417 e. The number of rotatable bonds is 5. The lowest BCUT2D eigenvalue weighted by molar-refractivity contribution is -0.138. The van der Waals surface area contributed by atoms with E-state index in [1.54, 1.807) is 0 Å². The molecule has 2 aromatic rings. The number of piperidine rings is 1. The topological polar surface area (TPSA) is 71.5 Å². The first-order valence-electron chi connectivity index (χ1n) is 10.9. The van der Waals surface area contributed by atoms with Crippen LogP contribution in [0.15, 0.2) is 30.6 Å². The van der Waals surface area contributed by atoms with E-state index < -0.39 is 52.3 Å². The molecule has 186 valence electrons. The standard InChI is InChI=1S/C23H19ClF5N3O3/c24-15-5-16(25)14(4-17(15)26)20(12-8-35-9-12)31-21(33)19-3-10-2-18(10)32(19)22(34)11-1-13(7-30-6-11)23(27,28)29/h1,4-7,10,12,18-20H,2-3,8-9H2,(H,31,33)/t10-,18-,19-,20?/m1/s1. The molecule has 12 heteroatoms. The molecule has 1 N–H and O–H groups in total. The SMILES string of the molecule is O=C(NC(c1cc(F)c(Cl)cc1F)C1COC1)[C@H]1C[C@H]2C[C@H]2N1C(=O)c1cncc(C(F)(F)F)c1. The molecule has 4 atom stereocenters. The summed E-state index contributed by atoms with van der Waals surface area (Å²) >= 11 is 5.65. The summed E-state index contributed by atoms with van der Waals surface area (Å²) in [5, 5.41) is 2.32. The molecule has 3 heterocycles. The number of carbonyl (C=O) groups excluding carboxylic acids is 2. The van der Waals surface area contributed by atoms with Crippen LogP contribution in [0, 0.1) is 23.5 Å². The lowest BCUT2D eigenvalue weighted by Crippen LogP contribution is -2.51. The highest BCUT2D eigenvalue weighted by atomic mass is 35.5. The molecule has 3 aliphatic rings. The van der Waals surface area contributed by atoms with Crippen molar-refractivity contribution >= 4 is 23.4 Å². The highest BCUT2D eigenvalue weighted by Crippen LogP contribution is 2.49. The minimum atomic E-state index is -4.68. The first-order valence-corrected chi connectivity index (χ1v) is 11.3. The summed E-state index contributed by atoms with van der Waals surface area (Å²) in [5.74, 6) is -3.27. The Bertz CT molecular complexity index is 1190. The van der Waals surface area contributed by atoms with Crippen molar-refractivity contribution in [3.8, 4) is 0 Å². The van der Waals surface area contributed by atoms with Crippen LogP contribution in [0.25, 0.3) is 0 Å². The highest BCUT2D eigenvalue weighted by Gasteiger charge is 2.56. The van der Waals surface area contributed by atoms with Crippen molar-refractivity contribution in [3.63, 3.8) is 0 Å². The highest BCUT2D eigenvalue weighted by molar-refractivity contribution is 6.30. The number of aromatic nitrogens is 1. The van der Waals surface area contributed by atoms with Gasteiger partial charge in [0.1, 0.15) is 17.7 Å². The Morgan fingerprint density at radius 1 is 1.11 bits per heavy atom. The van der Waals surface area contributed by atoms with Gasteiger partial charge in [-0.1, -0.05) is 11.6 Å². The van der Waals surface area contributed by atoms with Crippen LogP contribution in [0.4, 0.5) is 22.0 Å². The Morgan fingerprint density at radius 2 is 1.86 bits per heavy atom. The maximum absolute atomic E-state index is 14.7. The van der Waals surface area contributed by atoms with Gasteiger partial charge in [0.05, 0.1) is 35.4 Å². The van der Waals surface area contributed by atoms with E-state index in [9.17, 15) is 31.5 Å². The number of amides is 2. The van der Waals surface area contributed by atoms with Crippen molar-refractivity contribution in [3.05, 3.63) is 63.9 Å². The van der Waals surface area contributed by atoms with Crippen molar-refractivity contribution in [2.75, 3.05) is 13.2 Å². The number of pyridine rings is 1. The van der Waals surface area contributed by atoms with Crippen LogP contribution in [0.2, 0.25) is 5.02 Å². The van der Waals surface area contributed by atoms with Gasteiger partial charge in [-0.2, -0.15) is 13.2 Å². The molecular formula is C23H19ClF5N3O3. The largest absolute Gasteiger partial charge is 0.417 e. The molecule has 2 saturated heterocycles. The van der Waals surface area contributed by atoms with Crippen molar-refractivity contribution in [1.82, 2.24) is 15.2 Å². The summed E-state index contributed by atoms with van der Waals surface area (Å²) in [6, 6.07) is 0.274. The van der Waals surface area contributed by atoms with E-state index >= 15 is 0 Å². The minimum absolute atomic E-state index is 0.0451. The number of halogens is 6. The molecular weight excluding hydrogens is 497 g/mol. The normalized spacial score (nSPS) is 24.5. The summed E-state index contributed by atoms with van der Waals surface area (Å²) in [6.45, 7) is 0.423. The average molecular weight is 516 g/mol. The molecule has 0 bridgehead atoms. The fourth-order valence-corrected chi connectivity index (χ4v) is 4.92. The van der Waals surface area contributed by atoms with E-state index in [-0.39, 0.29) is 42.2 Å². The Hall–Kier alpha value is -2.79. The molecule has 1 aliphatic carbocycles. The Balaban J connectivity index is 1.39. The zero-order valence-electron chi connectivity index (χ0n) is 18.0. The second kappa shape index (κ2) is 8.70. The molecule has 1 unspecified atom stereocenters. The van der Waals surface area contributed by atoms with E-state index in [2.05, 4.69) is 10.3 Å². The lowest BCUT2D eigenvalue weighted by atomic mass is 9.90. The zero-order chi connectivity index (χ0) is 25.1. The summed E-state index contributed by atoms with van der Waals surface area (Å²) < 4.78 is 73.2. The summed E-state index contributed by atoms with van der Waals surface area (Å²) in [5.41, 5.74) is -1.45. The van der Waals surface area contributed by atoms with Crippen LogP contribution in [0.1, 0.15) is 40.4 Å². The first kappa shape index (κ1) is 23.9. The van der Waals surface area contributed by atoms with Crippen molar-refractivity contribution in [2.24, 2.45) is 11.8 Å². The third kappa shape index (κ3) is 4.47. The molecule has 1 aromatic heterocycles. The molecule has 1 saturated carbocycles. The zero-order valence-corrected chi connectivity index (χ0v) is 18.7. The summed E-state index contributed by atoms with van der Waals surface area (Å²) in [4.78, 5) is 31.3. The fourth-order valence-electron chi connectivity index (χ4n) is 4.77. The molecule has 0 spiro atoms. The van der Waals surface area contributed by atoms with Crippen LogP contribution in [0.5, 0.6) is 0 Å². The molecule has 1 aromatic carbocycles. The lowest BCUT2D eigenvalue weighted by Gasteiger charge is -2.36. The van der Waals surface area contributed by atoms with Crippen LogP contribution < -0.4 is 5.32 Å². The van der Waals surface area contributed by atoms with Gasteiger partial charge >= 0.3 is 6.18 Å². The van der Waals surface area contributed by atoms with Gasteiger partial charge < -0.3 is 15.0 Å². The monoisotopic (exact) mass is 515 g/mol. The molecule has 35 heavy (non-hydrogen) atoms. The molecule has 0 radical (unpaired) electrons. The molecule has 3 fully saturated rings. The van der Waals surface area contributed by atoms with E-state index in [1.165, 1.54) is 4.90 Å². The van der Waals surface area contributed by atoms with Gasteiger partial charge in [0, 0.05) is 29.9 Å². The minimum Gasteiger partial charge on any atom is -0.381 e. The second-order valence-electron chi connectivity index (χ2n) is 9.06. The number of nitrogens with one attached hydrogen (secondary N) is 1. The predicted octanol–water partition coefficient (Wildman–Crippen LogP) is 4.14. The predicted molar refractivity (Wildman–Crippen MR) is 112 cm³/mol. The maximum atomic E-state index is 14.7. The van der Waals surface area contributed by atoms with Gasteiger partial charge in [0.25, 0.3) is 5.91 Å². The summed E-state index contributed by atoms with van der Waals surface area (Å²) in [6.07, 6.45) is -2.07. The number of benzene rings is 1. The van der Waals surface area contributed by atoms with Crippen LogP contribution in [-0.4, -0.2) is 47.0 Å². The van der Waals surface area contributed by atoms with Gasteiger partial charge in [0.2, 0.25) is 5.91 Å². The van der Waals surface area contributed by atoms with Crippen LogP contribution >= 0.6 is 11.6 Å². The Morgan fingerprint density at radius 3 is 2.51 bits per heavy atom. The van der Waals surface area contributed by atoms with Gasteiger partial charge in [-0.05, 0) is 37.0 Å². The number of fused-ring (bicyclic) bond motifs is 1. The number of hydrogen-bond donors (Lipinski definition) is 1.